The molecule has 1 amide bonds. The minimum absolute atomic E-state index is 0.181. The lowest BCUT2D eigenvalue weighted by atomic mass is 9.89. The summed E-state index contributed by atoms with van der Waals surface area (Å²) in [5, 5.41) is 20.8. The van der Waals surface area contributed by atoms with E-state index in [1.54, 1.807) is 0 Å². The van der Waals surface area contributed by atoms with E-state index in [-0.39, 0.29) is 23.6 Å². The van der Waals surface area contributed by atoms with Gasteiger partial charge in [0, 0.05) is 6.54 Å². The summed E-state index contributed by atoms with van der Waals surface area (Å²) in [6.45, 7) is 5.92. The molecule has 2 N–H and O–H groups in total. The molecule has 0 aliphatic carbocycles. The van der Waals surface area contributed by atoms with Crippen molar-refractivity contribution < 1.29 is 9.90 Å². The van der Waals surface area contributed by atoms with E-state index in [1.165, 1.54) is 11.0 Å². The molecule has 1 heterocycles. The van der Waals surface area contributed by atoms with Gasteiger partial charge in [0.05, 0.1) is 18.0 Å². The van der Waals surface area contributed by atoms with Gasteiger partial charge in [0.2, 0.25) is 0 Å². The lowest BCUT2D eigenvalue weighted by Gasteiger charge is -2.25. The van der Waals surface area contributed by atoms with E-state index in [2.05, 4.69) is 15.5 Å². The van der Waals surface area contributed by atoms with Crippen LogP contribution in [0.1, 0.15) is 31.3 Å². The molecule has 21 heavy (non-hydrogen) atoms. The van der Waals surface area contributed by atoms with E-state index in [4.69, 9.17) is 0 Å². The molecule has 0 bridgehead atoms. The van der Waals surface area contributed by atoms with Crippen LogP contribution in [0.25, 0.3) is 5.69 Å². The first-order valence-corrected chi connectivity index (χ1v) is 6.82. The van der Waals surface area contributed by atoms with Crippen LogP contribution in [0.4, 0.5) is 0 Å². The Morgan fingerprint density at radius 3 is 2.62 bits per heavy atom. The van der Waals surface area contributed by atoms with Crippen LogP contribution >= 0.6 is 0 Å². The van der Waals surface area contributed by atoms with Crippen molar-refractivity contribution in [2.75, 3.05) is 6.54 Å². The zero-order valence-electron chi connectivity index (χ0n) is 12.4. The molecule has 0 saturated heterocycles. The minimum Gasteiger partial charge on any atom is -0.391 e. The zero-order chi connectivity index (χ0) is 15.5. The molecule has 112 valence electrons. The highest BCUT2D eigenvalue weighted by Crippen LogP contribution is 2.18. The third kappa shape index (κ3) is 3.88. The van der Waals surface area contributed by atoms with Crippen molar-refractivity contribution >= 4 is 5.91 Å². The van der Waals surface area contributed by atoms with E-state index < -0.39 is 6.10 Å². The first kappa shape index (κ1) is 15.2. The summed E-state index contributed by atoms with van der Waals surface area (Å²) in [4.78, 5) is 13.4. The maximum absolute atomic E-state index is 12.0. The maximum Gasteiger partial charge on any atom is 0.273 e. The Morgan fingerprint density at radius 1 is 1.33 bits per heavy atom. The lowest BCUT2D eigenvalue weighted by molar-refractivity contribution is 0.0585. The molecule has 0 aliphatic rings. The largest absolute Gasteiger partial charge is 0.391 e. The number of carbonyl (C=O) groups is 1. The SMILES string of the molecule is CC(C)(C)C(O)CNC(=O)c1cnn(-c2ccccc2)n1. The Hall–Kier alpha value is -2.21. The quantitative estimate of drug-likeness (QED) is 0.891. The number of hydrogen-bond acceptors (Lipinski definition) is 4. The van der Waals surface area contributed by atoms with Crippen molar-refractivity contribution in [3.63, 3.8) is 0 Å². The smallest absolute Gasteiger partial charge is 0.273 e. The predicted octanol–water partition coefficient (Wildman–Crippen LogP) is 1.40. The van der Waals surface area contributed by atoms with Crippen LogP contribution in [-0.4, -0.2) is 38.7 Å². The molecule has 0 aliphatic heterocycles. The number of benzene rings is 1. The van der Waals surface area contributed by atoms with Gasteiger partial charge in [-0.15, -0.1) is 5.10 Å². The van der Waals surface area contributed by atoms with E-state index in [0.29, 0.717) is 0 Å². The van der Waals surface area contributed by atoms with E-state index in [9.17, 15) is 9.90 Å². The summed E-state index contributed by atoms with van der Waals surface area (Å²) in [5.41, 5.74) is 0.723. The van der Waals surface area contributed by atoms with Crippen LogP contribution in [-0.2, 0) is 0 Å². The molecular weight excluding hydrogens is 268 g/mol. The van der Waals surface area contributed by atoms with Crippen molar-refractivity contribution in [3.05, 3.63) is 42.2 Å². The number of aromatic nitrogens is 3. The normalized spacial score (nSPS) is 13.0. The van der Waals surface area contributed by atoms with Gasteiger partial charge in [-0.3, -0.25) is 4.79 Å². The molecule has 1 aromatic carbocycles. The number of carbonyl (C=O) groups excluding carboxylic acids is 1. The third-order valence-electron chi connectivity index (χ3n) is 3.17. The van der Waals surface area contributed by atoms with Gasteiger partial charge >= 0.3 is 0 Å². The fourth-order valence-electron chi connectivity index (χ4n) is 1.64. The number of nitrogens with one attached hydrogen (secondary N) is 1. The second-order valence-electron chi connectivity index (χ2n) is 5.95. The lowest BCUT2D eigenvalue weighted by Crippen LogP contribution is -2.39. The Labute approximate surface area is 123 Å². The molecule has 6 nitrogen and oxygen atoms in total. The highest BCUT2D eigenvalue weighted by molar-refractivity contribution is 5.91. The maximum atomic E-state index is 12.0. The molecule has 2 rings (SSSR count). The highest BCUT2D eigenvalue weighted by atomic mass is 16.3. The number of rotatable bonds is 4. The van der Waals surface area contributed by atoms with Gasteiger partial charge < -0.3 is 10.4 Å². The fraction of sp³-hybridized carbons (Fsp3) is 0.400. The Balaban J connectivity index is 2.00. The van der Waals surface area contributed by atoms with Gasteiger partial charge in [0.1, 0.15) is 0 Å². The number of aliphatic hydroxyl groups excluding tert-OH is 1. The van der Waals surface area contributed by atoms with Gasteiger partial charge in [-0.25, -0.2) is 0 Å². The molecule has 0 saturated carbocycles. The minimum atomic E-state index is -0.620. The average molecular weight is 288 g/mol. The average Bonchev–Trinajstić information content (AvgIpc) is 2.94. The van der Waals surface area contributed by atoms with Crippen molar-refractivity contribution in [2.45, 2.75) is 26.9 Å². The van der Waals surface area contributed by atoms with Gasteiger partial charge in [-0.1, -0.05) is 39.0 Å². The molecule has 1 atom stereocenters. The van der Waals surface area contributed by atoms with Crippen LogP contribution in [0.5, 0.6) is 0 Å². The number of para-hydroxylation sites is 1. The summed E-state index contributed by atoms with van der Waals surface area (Å²) in [7, 11) is 0. The summed E-state index contributed by atoms with van der Waals surface area (Å²) >= 11 is 0. The summed E-state index contributed by atoms with van der Waals surface area (Å²) in [5.74, 6) is -0.347. The number of aliphatic hydroxyl groups is 1. The zero-order valence-corrected chi connectivity index (χ0v) is 12.4. The molecule has 2 aromatic rings. The van der Waals surface area contributed by atoms with Gasteiger partial charge in [-0.05, 0) is 17.5 Å². The first-order valence-electron chi connectivity index (χ1n) is 6.82. The Morgan fingerprint density at radius 2 is 2.00 bits per heavy atom. The number of nitrogens with zero attached hydrogens (tertiary/aromatic N) is 3. The predicted molar refractivity (Wildman–Crippen MR) is 79.2 cm³/mol. The van der Waals surface area contributed by atoms with Crippen molar-refractivity contribution in [1.82, 2.24) is 20.3 Å². The molecule has 0 radical (unpaired) electrons. The highest BCUT2D eigenvalue weighted by Gasteiger charge is 2.23. The molecule has 1 unspecified atom stereocenters. The Kier molecular flexibility index (Phi) is 4.37. The van der Waals surface area contributed by atoms with Gasteiger partial charge in [0.15, 0.2) is 5.69 Å². The van der Waals surface area contributed by atoms with Crippen molar-refractivity contribution in [2.24, 2.45) is 5.41 Å². The van der Waals surface area contributed by atoms with Crippen LogP contribution in [0.15, 0.2) is 36.5 Å². The number of hydrogen-bond donors (Lipinski definition) is 2. The molecular formula is C15H20N4O2. The van der Waals surface area contributed by atoms with E-state index in [1.807, 2.05) is 51.1 Å². The standard InChI is InChI=1S/C15H20N4O2/c1-15(2,3)13(20)10-16-14(21)12-9-17-19(18-12)11-7-5-4-6-8-11/h4-9,13,20H,10H2,1-3H3,(H,16,21). The Bertz CT molecular complexity index is 602. The second-order valence-corrected chi connectivity index (χ2v) is 5.95. The molecule has 1 aromatic heterocycles. The summed E-state index contributed by atoms with van der Waals surface area (Å²) in [6, 6.07) is 9.35. The van der Waals surface area contributed by atoms with Crippen LogP contribution in [0.3, 0.4) is 0 Å². The van der Waals surface area contributed by atoms with E-state index >= 15 is 0 Å². The molecule has 0 spiro atoms. The van der Waals surface area contributed by atoms with Crippen LogP contribution in [0.2, 0.25) is 0 Å². The molecule has 0 fully saturated rings. The monoisotopic (exact) mass is 288 g/mol. The van der Waals surface area contributed by atoms with Crippen LogP contribution < -0.4 is 5.32 Å². The molecule has 6 heteroatoms. The summed E-state index contributed by atoms with van der Waals surface area (Å²) < 4.78 is 0. The first-order chi connectivity index (χ1) is 9.88. The second kappa shape index (κ2) is 6.05. The number of amides is 1. The topological polar surface area (TPSA) is 80.0 Å². The summed E-state index contributed by atoms with van der Waals surface area (Å²) in [6.07, 6.45) is 0.789. The van der Waals surface area contributed by atoms with Gasteiger partial charge in [0.25, 0.3) is 5.91 Å². The van der Waals surface area contributed by atoms with Crippen molar-refractivity contribution in [3.8, 4) is 5.69 Å². The van der Waals surface area contributed by atoms with Crippen LogP contribution in [0, 0.1) is 5.41 Å². The fourth-order valence-corrected chi connectivity index (χ4v) is 1.64. The van der Waals surface area contributed by atoms with Gasteiger partial charge in [-0.2, -0.15) is 9.90 Å². The van der Waals surface area contributed by atoms with Crippen molar-refractivity contribution in [1.29, 1.82) is 0 Å². The third-order valence-corrected chi connectivity index (χ3v) is 3.17. The van der Waals surface area contributed by atoms with E-state index in [0.717, 1.165) is 5.69 Å².